The number of hydrogen-bond donors (Lipinski definition) is 1. The summed E-state index contributed by atoms with van der Waals surface area (Å²) in [4.78, 5) is 22.9. The molecule has 0 aliphatic heterocycles. The van der Waals surface area contributed by atoms with Gasteiger partial charge in [-0.2, -0.15) is 0 Å². The van der Waals surface area contributed by atoms with Gasteiger partial charge >= 0.3 is 11.9 Å². The number of carbonyl (C=O) groups is 2. The monoisotopic (exact) mass is 647 g/mol. The number of carboxylic acid groups (broad SMARTS) is 1. The van der Waals surface area contributed by atoms with Crippen molar-refractivity contribution in [2.24, 2.45) is 0 Å². The molecular weight excluding hydrogens is 568 g/mol. The molecule has 270 valence electrons. The van der Waals surface area contributed by atoms with Crippen molar-refractivity contribution in [1.29, 1.82) is 0 Å². The second-order valence-electron chi connectivity index (χ2n) is 13.8. The van der Waals surface area contributed by atoms with Gasteiger partial charge in [-0.05, 0) is 64.2 Å². The van der Waals surface area contributed by atoms with E-state index in [4.69, 9.17) is 9.84 Å². The summed E-state index contributed by atoms with van der Waals surface area (Å²) < 4.78 is 5.88. The average Bonchev–Trinajstić information content (AvgIpc) is 3.03. The highest BCUT2D eigenvalue weighted by Crippen LogP contribution is 2.18. The van der Waals surface area contributed by atoms with E-state index in [2.05, 4.69) is 38.2 Å². The van der Waals surface area contributed by atoms with Crippen molar-refractivity contribution in [3.63, 3.8) is 0 Å². The number of hydrogen-bond acceptors (Lipinski definition) is 3. The predicted molar refractivity (Wildman–Crippen MR) is 200 cm³/mol. The van der Waals surface area contributed by atoms with Gasteiger partial charge in [-0.3, -0.25) is 9.59 Å². The molecule has 0 rings (SSSR count). The zero-order valence-corrected chi connectivity index (χ0v) is 30.9. The second-order valence-corrected chi connectivity index (χ2v) is 13.8. The van der Waals surface area contributed by atoms with Crippen molar-refractivity contribution in [1.82, 2.24) is 0 Å². The highest BCUT2D eigenvalue weighted by Gasteiger charge is 2.13. The number of carboxylic acids is 1. The Morgan fingerprint density at radius 1 is 0.478 bits per heavy atom. The van der Waals surface area contributed by atoms with Crippen molar-refractivity contribution < 1.29 is 19.4 Å². The Kier molecular flexibility index (Phi) is 36.6. The van der Waals surface area contributed by atoms with Gasteiger partial charge in [-0.1, -0.05) is 173 Å². The smallest absolute Gasteiger partial charge is 0.306 e. The van der Waals surface area contributed by atoms with E-state index in [0.717, 1.165) is 51.4 Å². The summed E-state index contributed by atoms with van der Waals surface area (Å²) in [6.45, 7) is 4.45. The molecule has 0 aliphatic rings. The van der Waals surface area contributed by atoms with E-state index < -0.39 is 5.97 Å². The van der Waals surface area contributed by atoms with Gasteiger partial charge in [0.1, 0.15) is 6.10 Å². The normalized spacial score (nSPS) is 12.4. The highest BCUT2D eigenvalue weighted by atomic mass is 16.5. The first-order valence-corrected chi connectivity index (χ1v) is 20.3. The van der Waals surface area contributed by atoms with Crippen LogP contribution < -0.4 is 0 Å². The summed E-state index contributed by atoms with van der Waals surface area (Å²) in [6.07, 6.45) is 48.4. The van der Waals surface area contributed by atoms with Crippen LogP contribution in [0, 0.1) is 0 Å². The Bertz CT molecular complexity index is 698. The highest BCUT2D eigenvalue weighted by molar-refractivity contribution is 5.69. The summed E-state index contributed by atoms with van der Waals surface area (Å²) in [5.41, 5.74) is 0. The standard InChI is InChI=1S/C42H78O4/c1-3-5-6-7-8-9-10-11-12-13-17-20-23-26-29-32-35-39-42(45)46-40(36-4-2)37-33-30-27-24-21-18-15-14-16-19-22-25-28-31-34-38-41(43)44/h8-9,11-12,40H,3-7,10,13-39H2,1-2H3,(H,43,44)/b9-8-,12-11-. The molecule has 0 radical (unpaired) electrons. The minimum atomic E-state index is -0.665. The topological polar surface area (TPSA) is 63.6 Å². The number of unbranched alkanes of at least 4 members (excludes halogenated alkanes) is 24. The third-order valence-electron chi connectivity index (χ3n) is 9.16. The van der Waals surface area contributed by atoms with Crippen LogP contribution in [0.2, 0.25) is 0 Å². The first-order valence-electron chi connectivity index (χ1n) is 20.3. The van der Waals surface area contributed by atoms with E-state index in [1.165, 1.54) is 148 Å². The summed E-state index contributed by atoms with van der Waals surface area (Å²) in [5.74, 6) is -0.640. The van der Waals surface area contributed by atoms with Gasteiger partial charge in [0.05, 0.1) is 0 Å². The van der Waals surface area contributed by atoms with Crippen LogP contribution >= 0.6 is 0 Å². The zero-order valence-electron chi connectivity index (χ0n) is 30.9. The molecule has 1 atom stereocenters. The van der Waals surface area contributed by atoms with Gasteiger partial charge in [-0.25, -0.2) is 0 Å². The molecule has 0 amide bonds. The molecule has 46 heavy (non-hydrogen) atoms. The van der Waals surface area contributed by atoms with E-state index in [1.54, 1.807) is 0 Å². The quantitative estimate of drug-likeness (QED) is 0.0414. The Labute approximate surface area is 287 Å². The molecule has 0 saturated carbocycles. The lowest BCUT2D eigenvalue weighted by Gasteiger charge is -2.17. The minimum Gasteiger partial charge on any atom is -0.481 e. The summed E-state index contributed by atoms with van der Waals surface area (Å²) in [5, 5.41) is 8.66. The Hall–Kier alpha value is -1.58. The van der Waals surface area contributed by atoms with E-state index in [0.29, 0.717) is 12.8 Å². The van der Waals surface area contributed by atoms with Crippen LogP contribution in [0.4, 0.5) is 0 Å². The maximum Gasteiger partial charge on any atom is 0.306 e. The van der Waals surface area contributed by atoms with Crippen LogP contribution in [-0.4, -0.2) is 23.1 Å². The molecular formula is C42H78O4. The molecule has 0 saturated heterocycles. The van der Waals surface area contributed by atoms with Gasteiger partial charge in [0.2, 0.25) is 0 Å². The number of aliphatic carboxylic acids is 1. The molecule has 0 spiro atoms. The fraction of sp³-hybridized carbons (Fsp3) is 0.857. The first kappa shape index (κ1) is 44.4. The van der Waals surface area contributed by atoms with Crippen LogP contribution in [0.5, 0.6) is 0 Å². The van der Waals surface area contributed by atoms with E-state index >= 15 is 0 Å². The second kappa shape index (κ2) is 37.9. The van der Waals surface area contributed by atoms with Gasteiger partial charge in [0.25, 0.3) is 0 Å². The fourth-order valence-corrected chi connectivity index (χ4v) is 6.21. The van der Waals surface area contributed by atoms with Crippen LogP contribution in [0.25, 0.3) is 0 Å². The average molecular weight is 647 g/mol. The molecule has 4 heteroatoms. The van der Waals surface area contributed by atoms with Crippen molar-refractivity contribution >= 4 is 11.9 Å². The molecule has 1 N–H and O–H groups in total. The summed E-state index contributed by atoms with van der Waals surface area (Å²) >= 11 is 0. The SMILES string of the molecule is CCCCC/C=C\C/C=C\CCCCCCCCCC(=O)OC(CCC)CCCCCCCCCCCCCCCCCC(=O)O. The summed E-state index contributed by atoms with van der Waals surface area (Å²) in [7, 11) is 0. The van der Waals surface area contributed by atoms with Crippen molar-refractivity contribution in [2.75, 3.05) is 0 Å². The molecule has 0 aromatic carbocycles. The first-order chi connectivity index (χ1) is 22.6. The number of esters is 1. The lowest BCUT2D eigenvalue weighted by atomic mass is 10.0. The molecule has 0 bridgehead atoms. The minimum absolute atomic E-state index is 0.0248. The molecule has 0 aromatic rings. The van der Waals surface area contributed by atoms with Crippen molar-refractivity contribution in [3.05, 3.63) is 24.3 Å². The molecule has 1 unspecified atom stereocenters. The number of rotatable bonds is 37. The van der Waals surface area contributed by atoms with Crippen LogP contribution in [0.3, 0.4) is 0 Å². The maximum absolute atomic E-state index is 12.4. The van der Waals surface area contributed by atoms with E-state index in [-0.39, 0.29) is 12.1 Å². The molecule has 0 heterocycles. The predicted octanol–water partition coefficient (Wildman–Crippen LogP) is 14.0. The number of carbonyl (C=O) groups excluding carboxylic acids is 1. The number of allylic oxidation sites excluding steroid dienone is 4. The fourth-order valence-electron chi connectivity index (χ4n) is 6.21. The van der Waals surface area contributed by atoms with Gasteiger partial charge in [0.15, 0.2) is 0 Å². The Balaban J connectivity index is 3.53. The lowest BCUT2D eigenvalue weighted by molar-refractivity contribution is -0.150. The van der Waals surface area contributed by atoms with Gasteiger partial charge in [-0.15, -0.1) is 0 Å². The molecule has 0 aromatic heterocycles. The Morgan fingerprint density at radius 3 is 1.35 bits per heavy atom. The molecule has 0 fully saturated rings. The maximum atomic E-state index is 12.4. The molecule has 4 nitrogen and oxygen atoms in total. The van der Waals surface area contributed by atoms with Gasteiger partial charge in [0, 0.05) is 12.8 Å². The van der Waals surface area contributed by atoms with Crippen molar-refractivity contribution in [3.8, 4) is 0 Å². The third kappa shape index (κ3) is 36.9. The zero-order chi connectivity index (χ0) is 33.6. The lowest BCUT2D eigenvalue weighted by Crippen LogP contribution is -2.18. The molecule has 0 aliphatic carbocycles. The summed E-state index contributed by atoms with van der Waals surface area (Å²) in [6, 6.07) is 0. The van der Waals surface area contributed by atoms with Crippen LogP contribution in [-0.2, 0) is 14.3 Å². The van der Waals surface area contributed by atoms with E-state index in [9.17, 15) is 9.59 Å². The van der Waals surface area contributed by atoms with Crippen LogP contribution in [0.1, 0.15) is 226 Å². The van der Waals surface area contributed by atoms with Gasteiger partial charge < -0.3 is 9.84 Å². The largest absolute Gasteiger partial charge is 0.481 e. The van der Waals surface area contributed by atoms with Crippen LogP contribution in [0.15, 0.2) is 24.3 Å². The van der Waals surface area contributed by atoms with Crippen molar-refractivity contribution in [2.45, 2.75) is 232 Å². The Morgan fingerprint density at radius 2 is 0.891 bits per heavy atom. The third-order valence-corrected chi connectivity index (χ3v) is 9.16. The van der Waals surface area contributed by atoms with E-state index in [1.807, 2.05) is 0 Å². The number of ether oxygens (including phenoxy) is 1.